The van der Waals surface area contributed by atoms with Gasteiger partial charge in [0, 0.05) is 43.4 Å². The van der Waals surface area contributed by atoms with Gasteiger partial charge in [0.15, 0.2) is 0 Å². The summed E-state index contributed by atoms with van der Waals surface area (Å²) in [6, 6.07) is 17.2. The number of rotatable bonds is 4. The molecule has 220 valence electrons. The fraction of sp³-hybridized carbons (Fsp3) is 0.343. The third-order valence-corrected chi connectivity index (χ3v) is 6.93. The highest BCUT2D eigenvalue weighted by Crippen LogP contribution is 2.34. The lowest BCUT2D eigenvalue weighted by Gasteiger charge is -2.30. The fourth-order valence-electron chi connectivity index (χ4n) is 4.76. The Bertz CT molecular complexity index is 1460. The predicted octanol–water partition coefficient (Wildman–Crippen LogP) is 7.65. The zero-order valence-electron chi connectivity index (χ0n) is 24.4. The molecule has 42 heavy (non-hydrogen) atoms. The number of hydrogen-bond donors (Lipinski definition) is 1. The standard InChI is InChI=1S/C22H23FN6.C8H10.C4H6.CH4/c1-28-12-2-4-17(14-28)25-22-24-11-10-18(26-22)21-20(15-6-8-16(23)9-7-15)27-19-5-3-13-29(19)21;1-7-3-5-8(2)6-4-7;1-3-4-2;/h3,6-11,13,17H,2,4-5,12,14H2,1H3,(H,24,25,26);3-6H,1-2H3;1H,4H2,2H3;1H4. The van der Waals surface area contributed by atoms with Crippen LogP contribution in [0, 0.1) is 32.0 Å². The van der Waals surface area contributed by atoms with Crippen LogP contribution in [0.15, 0.2) is 66.9 Å². The van der Waals surface area contributed by atoms with Gasteiger partial charge in [-0.1, -0.05) is 55.8 Å². The molecule has 4 heterocycles. The van der Waals surface area contributed by atoms with Gasteiger partial charge in [0.25, 0.3) is 0 Å². The number of likely N-dealkylation sites (N-methyl/N-ethyl adjacent to an activating group) is 1. The Kier molecular flexibility index (Phi) is 12.0. The summed E-state index contributed by atoms with van der Waals surface area (Å²) in [6.07, 6.45) is 14.6. The second-order valence-electron chi connectivity index (χ2n) is 10.4. The number of allylic oxidation sites excluding steroid dienone is 1. The molecule has 0 saturated carbocycles. The molecule has 0 aliphatic carbocycles. The number of fused-ring (bicyclic) bond motifs is 1. The van der Waals surface area contributed by atoms with Crippen LogP contribution in [-0.4, -0.2) is 50.6 Å². The molecule has 1 atom stereocenters. The maximum Gasteiger partial charge on any atom is 0.223 e. The third-order valence-electron chi connectivity index (χ3n) is 6.93. The molecule has 7 heteroatoms. The van der Waals surface area contributed by atoms with Gasteiger partial charge in [0.05, 0.1) is 17.1 Å². The molecule has 6 nitrogen and oxygen atoms in total. The maximum absolute atomic E-state index is 13.4. The third kappa shape index (κ3) is 8.61. The first-order chi connectivity index (χ1) is 19.9. The van der Waals surface area contributed by atoms with Crippen molar-refractivity contribution in [1.29, 1.82) is 0 Å². The summed E-state index contributed by atoms with van der Waals surface area (Å²) in [5.74, 6) is 3.76. The lowest BCUT2D eigenvalue weighted by Crippen LogP contribution is -2.40. The molecule has 0 radical (unpaired) electrons. The summed E-state index contributed by atoms with van der Waals surface area (Å²) in [4.78, 5) is 16.4. The minimum absolute atomic E-state index is 0. The van der Waals surface area contributed by atoms with E-state index in [0.717, 1.165) is 60.8 Å². The van der Waals surface area contributed by atoms with E-state index in [-0.39, 0.29) is 13.2 Å². The summed E-state index contributed by atoms with van der Waals surface area (Å²) < 4.78 is 15.5. The van der Waals surface area contributed by atoms with Gasteiger partial charge >= 0.3 is 0 Å². The summed E-state index contributed by atoms with van der Waals surface area (Å²) in [6.45, 7) is 8.26. The van der Waals surface area contributed by atoms with Gasteiger partial charge in [-0.3, -0.25) is 0 Å². The van der Waals surface area contributed by atoms with Crippen molar-refractivity contribution in [1.82, 2.24) is 24.4 Å². The number of imidazole rings is 1. The number of nitrogens with one attached hydrogen (secondary N) is 1. The molecule has 2 aliphatic rings. The summed E-state index contributed by atoms with van der Waals surface area (Å²) in [5.41, 5.74) is 6.05. The van der Waals surface area contributed by atoms with Crippen LogP contribution in [0.1, 0.15) is 50.6 Å². The van der Waals surface area contributed by atoms with E-state index in [2.05, 4.69) is 76.9 Å². The Labute approximate surface area is 250 Å². The number of terminal acetylenes is 1. The Morgan fingerprint density at radius 3 is 2.31 bits per heavy atom. The van der Waals surface area contributed by atoms with E-state index in [1.54, 1.807) is 18.3 Å². The molecular weight excluding hydrogens is 523 g/mol. The molecular formula is C35H43FN6. The van der Waals surface area contributed by atoms with Crippen molar-refractivity contribution < 1.29 is 4.39 Å². The second kappa shape index (κ2) is 15.6. The Morgan fingerprint density at radius 1 is 1.02 bits per heavy atom. The highest BCUT2D eigenvalue weighted by molar-refractivity contribution is 5.79. The molecule has 0 amide bonds. The smallest absolute Gasteiger partial charge is 0.223 e. The SMILES string of the molecule is C.C#CCC.CN1CCCC(Nc2nccc(-c3c(-c4ccc(F)cc4)nc4n3C=CC4)n2)C1.Cc1ccc(C)cc1. The minimum Gasteiger partial charge on any atom is -0.350 e. The lowest BCUT2D eigenvalue weighted by molar-refractivity contribution is 0.260. The highest BCUT2D eigenvalue weighted by atomic mass is 19.1. The van der Waals surface area contributed by atoms with Crippen LogP contribution < -0.4 is 5.32 Å². The average molecular weight is 567 g/mol. The molecule has 2 aliphatic heterocycles. The number of benzene rings is 2. The molecule has 1 fully saturated rings. The van der Waals surface area contributed by atoms with Gasteiger partial charge in [-0.25, -0.2) is 19.3 Å². The normalized spacial score (nSPS) is 15.2. The van der Waals surface area contributed by atoms with Gasteiger partial charge in [-0.2, -0.15) is 0 Å². The monoisotopic (exact) mass is 566 g/mol. The first-order valence-corrected chi connectivity index (χ1v) is 14.2. The van der Waals surface area contributed by atoms with E-state index in [1.807, 2.05) is 19.2 Å². The zero-order chi connectivity index (χ0) is 29.2. The molecule has 0 bridgehead atoms. The van der Waals surface area contributed by atoms with Crippen molar-refractivity contribution in [3.8, 4) is 35.0 Å². The molecule has 2 aromatic heterocycles. The van der Waals surface area contributed by atoms with Gasteiger partial charge in [0.1, 0.15) is 11.6 Å². The van der Waals surface area contributed by atoms with Crippen molar-refractivity contribution in [3.05, 3.63) is 89.6 Å². The van der Waals surface area contributed by atoms with Crippen LogP contribution in [0.5, 0.6) is 0 Å². The molecule has 4 aromatic rings. The van der Waals surface area contributed by atoms with E-state index < -0.39 is 0 Å². The van der Waals surface area contributed by atoms with Crippen LogP contribution in [0.3, 0.4) is 0 Å². The second-order valence-corrected chi connectivity index (χ2v) is 10.4. The van der Waals surface area contributed by atoms with E-state index in [4.69, 9.17) is 16.4 Å². The largest absolute Gasteiger partial charge is 0.350 e. The molecule has 6 rings (SSSR count). The lowest BCUT2D eigenvalue weighted by atomic mass is 10.1. The van der Waals surface area contributed by atoms with Crippen molar-refractivity contribution in [2.24, 2.45) is 0 Å². The summed E-state index contributed by atoms with van der Waals surface area (Å²) in [7, 11) is 2.14. The summed E-state index contributed by atoms with van der Waals surface area (Å²) >= 11 is 0. The zero-order valence-corrected chi connectivity index (χ0v) is 24.4. The number of anilines is 1. The van der Waals surface area contributed by atoms with Crippen molar-refractivity contribution >= 4 is 12.1 Å². The Balaban J connectivity index is 0.000000314. The molecule has 1 N–H and O–H groups in total. The number of aryl methyl sites for hydroxylation is 2. The molecule has 1 saturated heterocycles. The Hall–Kier alpha value is -4.28. The maximum atomic E-state index is 13.4. The quantitative estimate of drug-likeness (QED) is 0.257. The van der Waals surface area contributed by atoms with Gasteiger partial charge in [-0.05, 0) is 70.6 Å². The fourth-order valence-corrected chi connectivity index (χ4v) is 4.76. The van der Waals surface area contributed by atoms with Crippen LogP contribution in [0.4, 0.5) is 10.3 Å². The van der Waals surface area contributed by atoms with Crippen LogP contribution in [0.2, 0.25) is 0 Å². The molecule has 2 aromatic carbocycles. The van der Waals surface area contributed by atoms with Crippen molar-refractivity contribution in [2.45, 2.75) is 59.9 Å². The van der Waals surface area contributed by atoms with Crippen LogP contribution >= 0.6 is 0 Å². The Morgan fingerprint density at radius 2 is 1.69 bits per heavy atom. The predicted molar refractivity (Wildman–Crippen MR) is 174 cm³/mol. The summed E-state index contributed by atoms with van der Waals surface area (Å²) in [5, 5.41) is 3.49. The van der Waals surface area contributed by atoms with Crippen LogP contribution in [0.25, 0.3) is 28.8 Å². The number of likely N-dealkylation sites (tertiary alicyclic amines) is 1. The highest BCUT2D eigenvalue weighted by Gasteiger charge is 2.23. The molecule has 0 spiro atoms. The van der Waals surface area contributed by atoms with E-state index in [0.29, 0.717) is 12.0 Å². The molecule has 1 unspecified atom stereocenters. The minimum atomic E-state index is -0.257. The van der Waals surface area contributed by atoms with Crippen molar-refractivity contribution in [3.63, 3.8) is 0 Å². The van der Waals surface area contributed by atoms with Crippen LogP contribution in [-0.2, 0) is 6.42 Å². The topological polar surface area (TPSA) is 58.9 Å². The van der Waals surface area contributed by atoms with E-state index in [9.17, 15) is 4.39 Å². The van der Waals surface area contributed by atoms with Gasteiger partial charge in [0.2, 0.25) is 5.95 Å². The van der Waals surface area contributed by atoms with Gasteiger partial charge < -0.3 is 14.8 Å². The number of hydrogen-bond acceptors (Lipinski definition) is 5. The number of halogens is 1. The number of aromatic nitrogens is 4. The average Bonchev–Trinajstić information content (AvgIpc) is 3.57. The first kappa shape index (κ1) is 32.2. The van der Waals surface area contributed by atoms with E-state index in [1.165, 1.54) is 29.7 Å². The van der Waals surface area contributed by atoms with Crippen molar-refractivity contribution in [2.75, 3.05) is 25.5 Å². The number of nitrogens with zero attached hydrogens (tertiary/aromatic N) is 5. The van der Waals surface area contributed by atoms with E-state index >= 15 is 0 Å². The first-order valence-electron chi connectivity index (χ1n) is 14.2. The number of piperidine rings is 1. The van der Waals surface area contributed by atoms with Gasteiger partial charge in [-0.15, -0.1) is 12.3 Å².